The van der Waals surface area contributed by atoms with Crippen molar-refractivity contribution in [3.05, 3.63) is 142 Å². The van der Waals surface area contributed by atoms with Gasteiger partial charge in [-0.25, -0.2) is 0 Å². The Balaban J connectivity index is 0.000000337. The highest BCUT2D eigenvalue weighted by atomic mass is 32.1. The van der Waals surface area contributed by atoms with Gasteiger partial charge in [-0.2, -0.15) is 0 Å². The number of hydrogen-bond donors (Lipinski definition) is 0. The summed E-state index contributed by atoms with van der Waals surface area (Å²) in [4.78, 5) is 3.02. The van der Waals surface area contributed by atoms with Crippen LogP contribution in [0.15, 0.2) is 121 Å². The van der Waals surface area contributed by atoms with Gasteiger partial charge in [0.15, 0.2) is 0 Å². The zero-order valence-corrected chi connectivity index (χ0v) is 39.9. The summed E-state index contributed by atoms with van der Waals surface area (Å²) < 4.78 is 6.62. The Morgan fingerprint density at radius 1 is 0.482 bits per heavy atom. The molecule has 0 saturated carbocycles. The molecule has 4 aromatic rings. The Morgan fingerprint density at radius 2 is 0.982 bits per heavy atom. The average Bonchev–Trinajstić information content (AvgIpc) is 3.98. The molecule has 0 aromatic carbocycles. The van der Waals surface area contributed by atoms with E-state index in [0.717, 1.165) is 11.8 Å². The predicted octanol–water partition coefficient (Wildman–Crippen LogP) is 17.1. The number of aromatic nitrogens is 3. The third-order valence-electron chi connectivity index (χ3n) is 9.82. The maximum absolute atomic E-state index is 2.25. The minimum absolute atomic E-state index is 0.586. The van der Waals surface area contributed by atoms with Crippen LogP contribution >= 0.6 is 11.3 Å². The fourth-order valence-electron chi connectivity index (χ4n) is 5.60. The second kappa shape index (κ2) is 26.4. The summed E-state index contributed by atoms with van der Waals surface area (Å²) >= 11 is 1.95. The van der Waals surface area contributed by atoms with E-state index in [-0.39, 0.29) is 0 Å². The lowest BCUT2D eigenvalue weighted by Gasteiger charge is -2.06. The van der Waals surface area contributed by atoms with Crippen molar-refractivity contribution in [2.75, 3.05) is 0 Å². The highest BCUT2D eigenvalue weighted by Gasteiger charge is 2.08. The molecule has 56 heavy (non-hydrogen) atoms. The van der Waals surface area contributed by atoms with Crippen LogP contribution in [0.3, 0.4) is 0 Å². The molecule has 0 saturated heterocycles. The first-order valence-electron chi connectivity index (χ1n) is 21.5. The summed E-state index contributed by atoms with van der Waals surface area (Å²) in [6, 6.07) is 14.7. The van der Waals surface area contributed by atoms with Crippen LogP contribution in [-0.4, -0.2) is 13.7 Å². The molecule has 4 heteroatoms. The van der Waals surface area contributed by atoms with E-state index in [1.54, 1.807) is 11.1 Å². The smallest absolute Gasteiger partial charge is 0.0274 e. The molecule has 0 N–H and O–H groups in total. The van der Waals surface area contributed by atoms with Gasteiger partial charge in [-0.05, 0) is 145 Å². The van der Waals surface area contributed by atoms with Crippen molar-refractivity contribution in [1.29, 1.82) is 0 Å². The van der Waals surface area contributed by atoms with E-state index in [9.17, 15) is 0 Å². The average molecular weight is 782 g/mol. The number of hydrogen-bond acceptors (Lipinski definition) is 1. The van der Waals surface area contributed by atoms with Crippen molar-refractivity contribution in [2.24, 2.45) is 11.8 Å². The summed E-state index contributed by atoms with van der Waals surface area (Å²) in [5.41, 5.74) is 7.40. The minimum Gasteiger partial charge on any atom is -0.352 e. The number of nitrogens with zero attached hydrogens (tertiary/aromatic N) is 3. The first-order valence-corrected chi connectivity index (χ1v) is 22.3. The molecule has 6 rings (SSSR count). The van der Waals surface area contributed by atoms with Crippen molar-refractivity contribution >= 4 is 11.3 Å². The standard InChI is InChI=1S/C10H17N.C10H16S.C9H14.C8H13N.C8H12.C7H11N/c1-8(2)10-5-6-11(7-10)9(3)4;1-7(2)9-5-6-10(11-9)8(3)4;2*1-7(2)9-5-4-8(3)6-9;2*1-7(2)8-5-3-4-6-8/h5-9H,1-4H3;5-8H,1-4H3;4-5,7H,6H2,1-3H3;4-7H,1-3H3;3-5,7H,6H2,1-2H3;3-7H,1-2H3. The van der Waals surface area contributed by atoms with Crippen LogP contribution in [0.2, 0.25) is 0 Å². The lowest BCUT2D eigenvalue weighted by molar-refractivity contribution is 0.601. The molecule has 0 amide bonds. The number of aryl methyl sites for hydroxylation is 1. The first kappa shape index (κ1) is 50.5. The molecule has 0 unspecified atom stereocenters. The van der Waals surface area contributed by atoms with Gasteiger partial charge >= 0.3 is 0 Å². The van der Waals surface area contributed by atoms with E-state index >= 15 is 0 Å². The zero-order chi connectivity index (χ0) is 42.5. The minimum atomic E-state index is 0.586. The molecule has 0 radical (unpaired) electrons. The van der Waals surface area contributed by atoms with Crippen LogP contribution in [0.1, 0.15) is 187 Å². The van der Waals surface area contributed by atoms with Gasteiger partial charge in [-0.3, -0.25) is 0 Å². The van der Waals surface area contributed by atoms with Gasteiger partial charge in [-0.15, -0.1) is 11.3 Å². The van der Waals surface area contributed by atoms with Crippen molar-refractivity contribution in [1.82, 2.24) is 13.7 Å². The van der Waals surface area contributed by atoms with Gasteiger partial charge < -0.3 is 13.7 Å². The highest BCUT2D eigenvalue weighted by molar-refractivity contribution is 7.12. The summed E-state index contributed by atoms with van der Waals surface area (Å²) in [5, 5.41) is 0. The van der Waals surface area contributed by atoms with Gasteiger partial charge in [0.25, 0.3) is 0 Å². The molecule has 0 fully saturated rings. The van der Waals surface area contributed by atoms with E-state index in [1.807, 2.05) is 23.5 Å². The van der Waals surface area contributed by atoms with E-state index in [4.69, 9.17) is 0 Å². The van der Waals surface area contributed by atoms with Crippen molar-refractivity contribution in [3.8, 4) is 0 Å². The predicted molar refractivity (Wildman–Crippen MR) is 254 cm³/mol. The Labute approximate surface area is 350 Å². The molecular formula is C52H83N3S. The molecule has 0 aliphatic heterocycles. The van der Waals surface area contributed by atoms with Gasteiger partial charge in [0, 0.05) is 65.1 Å². The normalized spacial score (nSPS) is 13.1. The fraction of sp³-hybridized carbons (Fsp3) is 0.538. The summed E-state index contributed by atoms with van der Waals surface area (Å²) in [6.07, 6.45) is 26.2. The van der Waals surface area contributed by atoms with Crippen LogP contribution in [0.4, 0.5) is 0 Å². The Hall–Kier alpha value is -3.50. The first-order chi connectivity index (χ1) is 26.2. The summed E-state index contributed by atoms with van der Waals surface area (Å²) in [5.74, 6) is 3.50. The SMILES string of the molecule is CC(C)C1=CC=CC1.CC(C)c1ccc(C(C)C)s1.CC(C)c1ccn(C(C)C)c1.CC(C)n1cccc1.CC1=CC=C(C(C)C)C1.Cc1ccn(C(C)C)c1. The van der Waals surface area contributed by atoms with E-state index in [1.165, 1.54) is 39.3 Å². The van der Waals surface area contributed by atoms with Crippen LogP contribution in [0.5, 0.6) is 0 Å². The third kappa shape index (κ3) is 20.1. The Morgan fingerprint density at radius 3 is 1.21 bits per heavy atom. The van der Waals surface area contributed by atoms with E-state index < -0.39 is 0 Å². The Bertz CT molecular complexity index is 1620. The number of thiophene rings is 1. The van der Waals surface area contributed by atoms with E-state index in [0.29, 0.717) is 35.9 Å². The molecule has 312 valence electrons. The van der Waals surface area contributed by atoms with E-state index in [2.05, 4.69) is 230 Å². The summed E-state index contributed by atoms with van der Waals surface area (Å²) in [6.45, 7) is 39.8. The fourth-order valence-corrected chi connectivity index (χ4v) is 6.61. The quantitative estimate of drug-likeness (QED) is 0.169. The van der Waals surface area contributed by atoms with Crippen LogP contribution in [-0.2, 0) is 0 Å². The molecule has 0 atom stereocenters. The number of allylic oxidation sites excluding steroid dienone is 8. The molecule has 3 nitrogen and oxygen atoms in total. The van der Waals surface area contributed by atoms with Gasteiger partial charge in [-0.1, -0.05) is 116 Å². The topological polar surface area (TPSA) is 14.8 Å². The largest absolute Gasteiger partial charge is 0.352 e. The van der Waals surface area contributed by atoms with Gasteiger partial charge in [0.2, 0.25) is 0 Å². The third-order valence-corrected chi connectivity index (χ3v) is 11.5. The second-order valence-electron chi connectivity index (χ2n) is 17.8. The zero-order valence-electron chi connectivity index (χ0n) is 39.1. The highest BCUT2D eigenvalue weighted by Crippen LogP contribution is 2.29. The van der Waals surface area contributed by atoms with Crippen molar-refractivity contribution < 1.29 is 0 Å². The van der Waals surface area contributed by atoms with Gasteiger partial charge in [0.1, 0.15) is 0 Å². The molecule has 0 bridgehead atoms. The number of rotatable bonds is 8. The summed E-state index contributed by atoms with van der Waals surface area (Å²) in [7, 11) is 0. The molecule has 2 aliphatic rings. The lowest BCUT2D eigenvalue weighted by atomic mass is 10.0. The van der Waals surface area contributed by atoms with Crippen molar-refractivity contribution in [2.45, 2.75) is 173 Å². The molecule has 4 heterocycles. The maximum atomic E-state index is 2.25. The van der Waals surface area contributed by atoms with Crippen LogP contribution in [0, 0.1) is 18.8 Å². The monoisotopic (exact) mass is 782 g/mol. The van der Waals surface area contributed by atoms with Crippen LogP contribution in [0.25, 0.3) is 0 Å². The van der Waals surface area contributed by atoms with Crippen molar-refractivity contribution in [3.63, 3.8) is 0 Å². The maximum Gasteiger partial charge on any atom is 0.0274 e. The second-order valence-corrected chi connectivity index (χ2v) is 18.9. The molecule has 0 spiro atoms. The lowest BCUT2D eigenvalue weighted by Crippen LogP contribution is -1.96. The van der Waals surface area contributed by atoms with Crippen LogP contribution < -0.4 is 0 Å². The molecule has 2 aliphatic carbocycles. The molecule has 4 aromatic heterocycles. The van der Waals surface area contributed by atoms with Gasteiger partial charge in [0.05, 0.1) is 0 Å². The molecular weight excluding hydrogens is 699 g/mol. The Kier molecular flexibility index (Phi) is 23.8.